The van der Waals surface area contributed by atoms with Gasteiger partial charge in [-0.15, -0.1) is 0 Å². The van der Waals surface area contributed by atoms with Gasteiger partial charge in [0, 0.05) is 12.7 Å². The minimum Gasteiger partial charge on any atom is -0.365 e. The number of rotatable bonds is 4. The van der Waals surface area contributed by atoms with E-state index in [1.807, 2.05) is 61.3 Å². The Morgan fingerprint density at radius 2 is 2.00 bits per heavy atom. The number of hydrogen-bond acceptors (Lipinski definition) is 4. The smallest absolute Gasteiger partial charge is 0.245 e. The van der Waals surface area contributed by atoms with E-state index in [0.717, 1.165) is 15.9 Å². The van der Waals surface area contributed by atoms with Crippen LogP contribution in [0, 0.1) is 6.92 Å². The number of aromatic nitrogens is 1. The maximum atomic E-state index is 12.2. The number of fused-ring (bicyclic) bond motifs is 1. The Morgan fingerprint density at radius 3 is 2.77 bits per heavy atom. The van der Waals surface area contributed by atoms with Crippen molar-refractivity contribution in [3.05, 3.63) is 54.1 Å². The van der Waals surface area contributed by atoms with Gasteiger partial charge in [-0.05, 0) is 36.8 Å². The van der Waals surface area contributed by atoms with E-state index in [4.69, 9.17) is 0 Å². The topological polar surface area (TPSA) is 45.2 Å². The average Bonchev–Trinajstić information content (AvgIpc) is 2.89. The molecule has 0 atom stereocenters. The summed E-state index contributed by atoms with van der Waals surface area (Å²) in [5.74, 6) is -0.0675. The van der Waals surface area contributed by atoms with E-state index in [-0.39, 0.29) is 5.91 Å². The number of nitrogens with one attached hydrogen (secondary N) is 1. The van der Waals surface area contributed by atoms with E-state index < -0.39 is 0 Å². The van der Waals surface area contributed by atoms with Crippen LogP contribution in [0.1, 0.15) is 5.56 Å². The second-order valence-electron chi connectivity index (χ2n) is 5.23. The van der Waals surface area contributed by atoms with Gasteiger partial charge < -0.3 is 10.2 Å². The van der Waals surface area contributed by atoms with Crippen molar-refractivity contribution in [2.45, 2.75) is 6.92 Å². The predicted octanol–water partition coefficient (Wildman–Crippen LogP) is 3.68. The molecule has 0 unspecified atom stereocenters. The maximum Gasteiger partial charge on any atom is 0.245 e. The Balaban J connectivity index is 1.68. The Hall–Kier alpha value is -2.40. The first-order valence-corrected chi connectivity index (χ1v) is 7.87. The lowest BCUT2D eigenvalue weighted by Crippen LogP contribution is -2.29. The van der Waals surface area contributed by atoms with Crippen LogP contribution >= 0.6 is 11.3 Å². The highest BCUT2D eigenvalue weighted by Crippen LogP contribution is 2.26. The molecule has 0 radical (unpaired) electrons. The molecular weight excluding hydrogens is 294 g/mol. The van der Waals surface area contributed by atoms with Crippen LogP contribution < -0.4 is 10.2 Å². The molecule has 0 saturated heterocycles. The minimum atomic E-state index is -0.0675. The van der Waals surface area contributed by atoms with Crippen molar-refractivity contribution < 1.29 is 4.79 Å². The Kier molecular flexibility index (Phi) is 4.06. The van der Waals surface area contributed by atoms with Crippen LogP contribution in [0.4, 0.5) is 10.8 Å². The van der Waals surface area contributed by atoms with E-state index in [2.05, 4.69) is 16.4 Å². The number of para-hydroxylation sites is 1. The van der Waals surface area contributed by atoms with Crippen LogP contribution in [0.25, 0.3) is 10.2 Å². The maximum absolute atomic E-state index is 12.2. The first-order chi connectivity index (χ1) is 10.6. The third-order valence-corrected chi connectivity index (χ3v) is 4.30. The van der Waals surface area contributed by atoms with Gasteiger partial charge in [0.2, 0.25) is 5.91 Å². The Bertz CT molecular complexity index is 798. The average molecular weight is 311 g/mol. The second-order valence-corrected chi connectivity index (χ2v) is 6.26. The van der Waals surface area contributed by atoms with Crippen molar-refractivity contribution in [2.24, 2.45) is 0 Å². The van der Waals surface area contributed by atoms with E-state index in [1.54, 1.807) is 0 Å². The summed E-state index contributed by atoms with van der Waals surface area (Å²) in [6.07, 6.45) is 0. The molecule has 1 aromatic heterocycles. The standard InChI is InChI=1S/C17H17N3OS/c1-12-8-9-14-15(10-12)22-17(18-14)19-16(21)11-20(2)13-6-4-3-5-7-13/h3-10H,11H2,1-2H3,(H,18,19,21). The van der Waals surface area contributed by atoms with Gasteiger partial charge >= 0.3 is 0 Å². The van der Waals surface area contributed by atoms with E-state index in [0.29, 0.717) is 11.7 Å². The number of anilines is 2. The van der Waals surface area contributed by atoms with Gasteiger partial charge in [0.15, 0.2) is 5.13 Å². The number of carbonyl (C=O) groups excluding carboxylic acids is 1. The van der Waals surface area contributed by atoms with Crippen LogP contribution in [0.5, 0.6) is 0 Å². The molecule has 0 saturated carbocycles. The lowest BCUT2D eigenvalue weighted by Gasteiger charge is -2.17. The molecule has 0 bridgehead atoms. The highest BCUT2D eigenvalue weighted by atomic mass is 32.1. The quantitative estimate of drug-likeness (QED) is 0.799. The third-order valence-electron chi connectivity index (χ3n) is 3.37. The highest BCUT2D eigenvalue weighted by molar-refractivity contribution is 7.22. The van der Waals surface area contributed by atoms with Crippen molar-refractivity contribution in [1.29, 1.82) is 0 Å². The van der Waals surface area contributed by atoms with Crippen LogP contribution in [0.15, 0.2) is 48.5 Å². The van der Waals surface area contributed by atoms with Gasteiger partial charge in [0.1, 0.15) is 0 Å². The molecule has 0 aliphatic rings. The summed E-state index contributed by atoms with van der Waals surface area (Å²) in [7, 11) is 1.90. The summed E-state index contributed by atoms with van der Waals surface area (Å²) in [6.45, 7) is 2.34. The van der Waals surface area contributed by atoms with Crippen molar-refractivity contribution in [2.75, 3.05) is 23.8 Å². The normalized spacial score (nSPS) is 10.6. The molecule has 5 heteroatoms. The lowest BCUT2D eigenvalue weighted by molar-refractivity contribution is -0.114. The zero-order chi connectivity index (χ0) is 15.5. The monoisotopic (exact) mass is 311 g/mol. The number of aryl methyl sites for hydroxylation is 1. The fourth-order valence-corrected chi connectivity index (χ4v) is 3.21. The molecule has 4 nitrogen and oxygen atoms in total. The number of likely N-dealkylation sites (N-methyl/N-ethyl adjacent to an activating group) is 1. The number of amides is 1. The third kappa shape index (κ3) is 3.26. The van der Waals surface area contributed by atoms with Crippen molar-refractivity contribution in [1.82, 2.24) is 4.98 Å². The molecule has 0 fully saturated rings. The number of nitrogens with zero attached hydrogens (tertiary/aromatic N) is 2. The molecule has 0 spiro atoms. The van der Waals surface area contributed by atoms with Crippen LogP contribution in [0.3, 0.4) is 0 Å². The lowest BCUT2D eigenvalue weighted by atomic mass is 10.2. The van der Waals surface area contributed by atoms with E-state index in [9.17, 15) is 4.79 Å². The van der Waals surface area contributed by atoms with Crippen molar-refractivity contribution in [3.8, 4) is 0 Å². The second kappa shape index (κ2) is 6.15. The number of carbonyl (C=O) groups is 1. The Labute approximate surface area is 133 Å². The molecule has 3 rings (SSSR count). The molecule has 1 N–H and O–H groups in total. The van der Waals surface area contributed by atoms with E-state index >= 15 is 0 Å². The number of benzene rings is 2. The van der Waals surface area contributed by atoms with Crippen LogP contribution in [0.2, 0.25) is 0 Å². The molecule has 22 heavy (non-hydrogen) atoms. The molecule has 1 amide bonds. The molecule has 3 aromatic rings. The first-order valence-electron chi connectivity index (χ1n) is 7.05. The summed E-state index contributed by atoms with van der Waals surface area (Å²) >= 11 is 1.50. The zero-order valence-corrected chi connectivity index (χ0v) is 13.4. The van der Waals surface area contributed by atoms with Crippen LogP contribution in [-0.2, 0) is 4.79 Å². The molecule has 0 aliphatic carbocycles. The van der Waals surface area contributed by atoms with Gasteiger partial charge in [0.25, 0.3) is 0 Å². The zero-order valence-electron chi connectivity index (χ0n) is 12.5. The van der Waals surface area contributed by atoms with Gasteiger partial charge in [-0.25, -0.2) is 4.98 Å². The molecular formula is C17H17N3OS. The van der Waals surface area contributed by atoms with E-state index in [1.165, 1.54) is 16.9 Å². The largest absolute Gasteiger partial charge is 0.365 e. The number of hydrogen-bond donors (Lipinski definition) is 1. The van der Waals surface area contributed by atoms with Gasteiger partial charge in [-0.1, -0.05) is 35.6 Å². The van der Waals surface area contributed by atoms with Crippen LogP contribution in [-0.4, -0.2) is 24.5 Å². The summed E-state index contributed by atoms with van der Waals surface area (Å²) in [6, 6.07) is 15.9. The summed E-state index contributed by atoms with van der Waals surface area (Å²) in [4.78, 5) is 18.5. The fourth-order valence-electron chi connectivity index (χ4n) is 2.23. The molecule has 2 aromatic carbocycles. The van der Waals surface area contributed by atoms with Crippen molar-refractivity contribution >= 4 is 38.3 Å². The summed E-state index contributed by atoms with van der Waals surface area (Å²) < 4.78 is 1.09. The predicted molar refractivity (Wildman–Crippen MR) is 92.7 cm³/mol. The summed E-state index contributed by atoms with van der Waals surface area (Å²) in [5, 5.41) is 3.52. The first kappa shape index (κ1) is 14.5. The Morgan fingerprint density at radius 1 is 1.23 bits per heavy atom. The summed E-state index contributed by atoms with van der Waals surface area (Å²) in [5.41, 5.74) is 3.12. The van der Waals surface area contributed by atoms with Gasteiger partial charge in [0.05, 0.1) is 16.8 Å². The molecule has 0 aliphatic heterocycles. The molecule has 1 heterocycles. The van der Waals surface area contributed by atoms with Gasteiger partial charge in [-0.2, -0.15) is 0 Å². The highest BCUT2D eigenvalue weighted by Gasteiger charge is 2.10. The van der Waals surface area contributed by atoms with Gasteiger partial charge in [-0.3, -0.25) is 4.79 Å². The number of thiazole rings is 1. The fraction of sp³-hybridized carbons (Fsp3) is 0.176. The minimum absolute atomic E-state index is 0.0675. The SMILES string of the molecule is Cc1ccc2nc(NC(=O)CN(C)c3ccccc3)sc2c1. The van der Waals surface area contributed by atoms with Crippen molar-refractivity contribution in [3.63, 3.8) is 0 Å². The molecule has 112 valence electrons.